The van der Waals surface area contributed by atoms with Crippen molar-refractivity contribution in [2.75, 3.05) is 36.0 Å². The predicted octanol–water partition coefficient (Wildman–Crippen LogP) is 2.18. The zero-order valence-electron chi connectivity index (χ0n) is 15.8. The molecule has 0 spiro atoms. The van der Waals surface area contributed by atoms with Gasteiger partial charge in [-0.1, -0.05) is 18.9 Å². The van der Waals surface area contributed by atoms with E-state index in [1.807, 2.05) is 37.4 Å². The van der Waals surface area contributed by atoms with E-state index in [1.54, 1.807) is 0 Å². The van der Waals surface area contributed by atoms with Gasteiger partial charge in [0.05, 0.1) is 0 Å². The molecule has 1 saturated heterocycles. The van der Waals surface area contributed by atoms with E-state index in [2.05, 4.69) is 30.1 Å². The number of hydrogen-bond acceptors (Lipinski definition) is 6. The minimum atomic E-state index is -0.0826. The summed E-state index contributed by atoms with van der Waals surface area (Å²) in [4.78, 5) is 30.4. The lowest BCUT2D eigenvalue weighted by Crippen LogP contribution is -2.47. The Morgan fingerprint density at radius 2 is 1.74 bits per heavy atom. The van der Waals surface area contributed by atoms with Crippen molar-refractivity contribution in [3.8, 4) is 0 Å². The highest BCUT2D eigenvalue weighted by Gasteiger charge is 2.22. The topological polar surface area (TPSA) is 74.2 Å². The fourth-order valence-corrected chi connectivity index (χ4v) is 3.87. The number of pyridine rings is 1. The second-order valence-electron chi connectivity index (χ2n) is 7.28. The summed E-state index contributed by atoms with van der Waals surface area (Å²) >= 11 is 0. The minimum absolute atomic E-state index is 0.0826. The summed E-state index contributed by atoms with van der Waals surface area (Å²) < 4.78 is 0. The highest BCUT2D eigenvalue weighted by molar-refractivity contribution is 5.93. The molecule has 142 valence electrons. The summed E-state index contributed by atoms with van der Waals surface area (Å²) in [6.45, 7) is 5.29. The number of anilines is 2. The van der Waals surface area contributed by atoms with Gasteiger partial charge in [-0.15, -0.1) is 0 Å². The van der Waals surface area contributed by atoms with Gasteiger partial charge in [0, 0.05) is 44.5 Å². The summed E-state index contributed by atoms with van der Waals surface area (Å²) in [5, 5.41) is 3.12. The Bertz CT molecular complexity index is 782. The fraction of sp³-hybridized carbons (Fsp3) is 0.500. The molecule has 27 heavy (non-hydrogen) atoms. The molecule has 2 fully saturated rings. The van der Waals surface area contributed by atoms with E-state index in [4.69, 9.17) is 0 Å². The average Bonchev–Trinajstić information content (AvgIpc) is 3.21. The van der Waals surface area contributed by atoms with E-state index in [0.29, 0.717) is 11.5 Å². The number of carbonyl (C=O) groups is 1. The second kappa shape index (κ2) is 7.90. The van der Waals surface area contributed by atoms with Crippen molar-refractivity contribution in [3.63, 3.8) is 0 Å². The number of nitrogens with one attached hydrogen (secondary N) is 1. The van der Waals surface area contributed by atoms with Crippen LogP contribution in [-0.2, 0) is 0 Å². The summed E-state index contributed by atoms with van der Waals surface area (Å²) in [6.07, 6.45) is 6.35. The molecule has 1 aliphatic carbocycles. The molecular formula is C20H26N6O. The van der Waals surface area contributed by atoms with Crippen LogP contribution in [0, 0.1) is 6.92 Å². The Morgan fingerprint density at radius 1 is 1.04 bits per heavy atom. The maximum atomic E-state index is 12.6. The first kappa shape index (κ1) is 17.7. The molecule has 1 amide bonds. The third-order valence-corrected chi connectivity index (χ3v) is 5.32. The molecule has 2 aliphatic rings. The fourth-order valence-electron chi connectivity index (χ4n) is 3.87. The van der Waals surface area contributed by atoms with Gasteiger partial charge in [0.2, 0.25) is 0 Å². The zero-order valence-corrected chi connectivity index (χ0v) is 15.8. The number of amides is 1. The second-order valence-corrected chi connectivity index (χ2v) is 7.28. The van der Waals surface area contributed by atoms with Crippen molar-refractivity contribution >= 4 is 17.5 Å². The van der Waals surface area contributed by atoms with Crippen LogP contribution < -0.4 is 15.1 Å². The standard InChI is InChI=1S/C20H26N6O/c1-15-22-17(20(27)24-16-6-2-3-7-16)14-19(23-15)26-12-10-25(11-13-26)18-8-4-5-9-21-18/h4-5,8-9,14,16H,2-3,6-7,10-13H2,1H3,(H,24,27). The SMILES string of the molecule is Cc1nc(C(=O)NC2CCCC2)cc(N2CCN(c3ccccn3)CC2)n1. The third kappa shape index (κ3) is 4.18. The Kier molecular flexibility index (Phi) is 5.18. The Labute approximate surface area is 159 Å². The monoisotopic (exact) mass is 366 g/mol. The van der Waals surface area contributed by atoms with E-state index in [9.17, 15) is 4.79 Å². The van der Waals surface area contributed by atoms with Gasteiger partial charge in [0.1, 0.15) is 23.2 Å². The Hall–Kier alpha value is -2.70. The highest BCUT2D eigenvalue weighted by atomic mass is 16.1. The van der Waals surface area contributed by atoms with Gasteiger partial charge in [-0.2, -0.15) is 0 Å². The van der Waals surface area contributed by atoms with Crippen molar-refractivity contribution in [1.29, 1.82) is 0 Å². The quantitative estimate of drug-likeness (QED) is 0.894. The van der Waals surface area contributed by atoms with E-state index in [-0.39, 0.29) is 11.9 Å². The molecule has 7 nitrogen and oxygen atoms in total. The van der Waals surface area contributed by atoms with Crippen LogP contribution in [0.4, 0.5) is 11.6 Å². The van der Waals surface area contributed by atoms with E-state index in [1.165, 1.54) is 12.8 Å². The molecule has 0 radical (unpaired) electrons. The first-order chi connectivity index (χ1) is 13.2. The first-order valence-electron chi connectivity index (χ1n) is 9.76. The lowest BCUT2D eigenvalue weighted by molar-refractivity contribution is 0.0932. The maximum Gasteiger partial charge on any atom is 0.270 e. The smallest absolute Gasteiger partial charge is 0.270 e. The number of piperazine rings is 1. The normalized spacial score (nSPS) is 18.0. The first-order valence-corrected chi connectivity index (χ1v) is 9.76. The van der Waals surface area contributed by atoms with Crippen molar-refractivity contribution in [2.24, 2.45) is 0 Å². The van der Waals surface area contributed by atoms with Crippen molar-refractivity contribution < 1.29 is 4.79 Å². The van der Waals surface area contributed by atoms with Gasteiger partial charge in [-0.25, -0.2) is 15.0 Å². The van der Waals surface area contributed by atoms with Crippen LogP contribution >= 0.6 is 0 Å². The van der Waals surface area contributed by atoms with Gasteiger partial charge in [0.15, 0.2) is 0 Å². The zero-order chi connectivity index (χ0) is 18.6. The van der Waals surface area contributed by atoms with E-state index < -0.39 is 0 Å². The van der Waals surface area contributed by atoms with Gasteiger partial charge in [0.25, 0.3) is 5.91 Å². The summed E-state index contributed by atoms with van der Waals surface area (Å²) in [6, 6.07) is 8.10. The van der Waals surface area contributed by atoms with E-state index >= 15 is 0 Å². The van der Waals surface area contributed by atoms with Crippen LogP contribution in [0.2, 0.25) is 0 Å². The van der Waals surface area contributed by atoms with Crippen LogP contribution in [-0.4, -0.2) is 53.1 Å². The van der Waals surface area contributed by atoms with E-state index in [0.717, 1.165) is 50.7 Å². The number of nitrogens with zero attached hydrogens (tertiary/aromatic N) is 5. The minimum Gasteiger partial charge on any atom is -0.353 e. The average molecular weight is 366 g/mol. The van der Waals surface area contributed by atoms with Gasteiger partial charge >= 0.3 is 0 Å². The van der Waals surface area contributed by atoms with Gasteiger partial charge in [-0.05, 0) is 31.9 Å². The lowest BCUT2D eigenvalue weighted by atomic mass is 10.2. The number of rotatable bonds is 4. The largest absolute Gasteiger partial charge is 0.353 e. The molecule has 0 aromatic carbocycles. The molecule has 4 rings (SSSR count). The molecule has 2 aromatic heterocycles. The van der Waals surface area contributed by atoms with Crippen LogP contribution in [0.15, 0.2) is 30.5 Å². The maximum absolute atomic E-state index is 12.6. The van der Waals surface area contributed by atoms with Crippen LogP contribution in [0.25, 0.3) is 0 Å². The molecular weight excluding hydrogens is 340 g/mol. The summed E-state index contributed by atoms with van der Waals surface area (Å²) in [7, 11) is 0. The van der Waals surface area contributed by atoms with Crippen LogP contribution in [0.1, 0.15) is 42.0 Å². The molecule has 1 N–H and O–H groups in total. The molecule has 2 aromatic rings. The third-order valence-electron chi connectivity index (χ3n) is 5.32. The van der Waals surface area contributed by atoms with Gasteiger partial charge < -0.3 is 15.1 Å². The van der Waals surface area contributed by atoms with Crippen molar-refractivity contribution in [3.05, 3.63) is 42.0 Å². The molecule has 0 bridgehead atoms. The summed E-state index contributed by atoms with van der Waals surface area (Å²) in [5.74, 6) is 2.39. The molecule has 0 unspecified atom stereocenters. The van der Waals surface area contributed by atoms with Crippen molar-refractivity contribution in [1.82, 2.24) is 20.3 Å². The predicted molar refractivity (Wildman–Crippen MR) is 105 cm³/mol. The number of aryl methyl sites for hydroxylation is 1. The van der Waals surface area contributed by atoms with Crippen LogP contribution in [0.5, 0.6) is 0 Å². The highest BCUT2D eigenvalue weighted by Crippen LogP contribution is 2.20. The Balaban J connectivity index is 1.43. The van der Waals surface area contributed by atoms with Gasteiger partial charge in [-0.3, -0.25) is 4.79 Å². The molecule has 7 heteroatoms. The summed E-state index contributed by atoms with van der Waals surface area (Å²) in [5.41, 5.74) is 0.469. The number of carbonyl (C=O) groups excluding carboxylic acids is 1. The molecule has 1 saturated carbocycles. The molecule has 1 aliphatic heterocycles. The lowest BCUT2D eigenvalue weighted by Gasteiger charge is -2.36. The number of hydrogen-bond donors (Lipinski definition) is 1. The Morgan fingerprint density at radius 3 is 2.41 bits per heavy atom. The van der Waals surface area contributed by atoms with Crippen molar-refractivity contribution in [2.45, 2.75) is 38.6 Å². The number of aromatic nitrogens is 3. The van der Waals surface area contributed by atoms with Crippen LogP contribution in [0.3, 0.4) is 0 Å². The molecule has 3 heterocycles. The molecule has 0 atom stereocenters.